The summed E-state index contributed by atoms with van der Waals surface area (Å²) in [6.07, 6.45) is -0.795. The molecular weight excluding hydrogens is 336 g/mol. The third-order valence-electron chi connectivity index (χ3n) is 5.84. The first kappa shape index (κ1) is 21.6. The standard InChI is InChI=1S/C18H36O4Si2/c1-13-15(22-24(10,11)18(5,6)7)14(21-16(13)19)12-20-23(8,9)17(2,3)4/h14-15H,1,12H2,2-11H3/t14-,15+/m1/s1. The SMILES string of the molecule is C=C1C(=O)O[C@H](CO[Si](C)(C)C(C)(C)C)[C@H]1O[Si](C)(C)C(C)(C)C. The number of carbonyl (C=O) groups is 1. The van der Waals surface area contributed by atoms with Crippen LogP contribution in [0.5, 0.6) is 0 Å². The van der Waals surface area contributed by atoms with E-state index in [1.54, 1.807) is 0 Å². The highest BCUT2D eigenvalue weighted by Crippen LogP contribution is 2.41. The molecule has 1 aliphatic rings. The van der Waals surface area contributed by atoms with Gasteiger partial charge in [0.1, 0.15) is 6.10 Å². The van der Waals surface area contributed by atoms with Gasteiger partial charge in [0, 0.05) is 0 Å². The molecule has 140 valence electrons. The van der Waals surface area contributed by atoms with Crippen LogP contribution in [0.1, 0.15) is 41.5 Å². The molecular formula is C18H36O4Si2. The molecule has 1 heterocycles. The zero-order chi connectivity index (χ0) is 19.1. The van der Waals surface area contributed by atoms with Crippen LogP contribution in [0.25, 0.3) is 0 Å². The first-order valence-electron chi connectivity index (χ1n) is 8.71. The van der Waals surface area contributed by atoms with Gasteiger partial charge in [0.2, 0.25) is 0 Å². The molecule has 0 aromatic carbocycles. The van der Waals surface area contributed by atoms with Gasteiger partial charge in [-0.3, -0.25) is 0 Å². The summed E-state index contributed by atoms with van der Waals surface area (Å²) in [5.41, 5.74) is 0.420. The van der Waals surface area contributed by atoms with Crippen molar-refractivity contribution in [1.29, 1.82) is 0 Å². The number of cyclic esters (lactones) is 1. The Hall–Kier alpha value is -0.436. The Morgan fingerprint density at radius 1 is 1.00 bits per heavy atom. The quantitative estimate of drug-likeness (QED) is 0.392. The lowest BCUT2D eigenvalue weighted by atomic mass is 10.1. The Bertz CT molecular complexity index is 498. The average Bonchev–Trinajstić information content (AvgIpc) is 2.61. The molecule has 4 nitrogen and oxygen atoms in total. The topological polar surface area (TPSA) is 44.8 Å². The molecule has 1 saturated heterocycles. The third kappa shape index (κ3) is 4.59. The number of ether oxygens (including phenoxy) is 1. The summed E-state index contributed by atoms with van der Waals surface area (Å²) in [5.74, 6) is -0.359. The lowest BCUT2D eigenvalue weighted by molar-refractivity contribution is -0.141. The van der Waals surface area contributed by atoms with Gasteiger partial charge in [0.05, 0.1) is 12.2 Å². The van der Waals surface area contributed by atoms with Gasteiger partial charge in [-0.05, 0) is 36.3 Å². The minimum atomic E-state index is -2.03. The molecule has 0 amide bonds. The van der Waals surface area contributed by atoms with Gasteiger partial charge in [-0.15, -0.1) is 0 Å². The van der Waals surface area contributed by atoms with Crippen molar-refractivity contribution in [2.24, 2.45) is 0 Å². The summed E-state index contributed by atoms with van der Waals surface area (Å²) in [5, 5.41) is 0.173. The minimum absolute atomic E-state index is 0.0593. The van der Waals surface area contributed by atoms with Crippen LogP contribution in [0.2, 0.25) is 36.3 Å². The number of hydrogen-bond donors (Lipinski definition) is 0. The summed E-state index contributed by atoms with van der Waals surface area (Å²) in [4.78, 5) is 12.0. The number of rotatable bonds is 5. The van der Waals surface area contributed by atoms with Gasteiger partial charge in [-0.25, -0.2) is 4.79 Å². The third-order valence-corrected chi connectivity index (χ3v) is 14.8. The van der Waals surface area contributed by atoms with Crippen molar-refractivity contribution in [3.8, 4) is 0 Å². The predicted molar refractivity (Wildman–Crippen MR) is 104 cm³/mol. The van der Waals surface area contributed by atoms with Gasteiger partial charge in [-0.1, -0.05) is 48.1 Å². The number of carbonyl (C=O) groups excluding carboxylic acids is 1. The molecule has 0 bridgehead atoms. The Labute approximate surface area is 150 Å². The summed E-state index contributed by atoms with van der Waals surface area (Å²) in [7, 11) is -3.94. The van der Waals surface area contributed by atoms with Gasteiger partial charge in [-0.2, -0.15) is 0 Å². The monoisotopic (exact) mass is 372 g/mol. The number of esters is 1. The van der Waals surface area contributed by atoms with Crippen molar-refractivity contribution in [2.75, 3.05) is 6.61 Å². The summed E-state index contributed by atoms with van der Waals surface area (Å²) in [6.45, 7) is 26.2. The zero-order valence-electron chi connectivity index (χ0n) is 17.2. The van der Waals surface area contributed by atoms with Crippen LogP contribution < -0.4 is 0 Å². The van der Waals surface area contributed by atoms with E-state index in [1.165, 1.54) is 0 Å². The fourth-order valence-corrected chi connectivity index (χ4v) is 4.18. The van der Waals surface area contributed by atoms with E-state index < -0.39 is 28.8 Å². The van der Waals surface area contributed by atoms with Crippen LogP contribution in [-0.2, 0) is 18.4 Å². The van der Waals surface area contributed by atoms with Crippen molar-refractivity contribution in [2.45, 2.75) is 90.0 Å². The second-order valence-electron chi connectivity index (χ2n) is 9.84. The van der Waals surface area contributed by atoms with E-state index in [4.69, 9.17) is 13.6 Å². The lowest BCUT2D eigenvalue weighted by Crippen LogP contribution is -2.48. The highest BCUT2D eigenvalue weighted by atomic mass is 28.4. The maximum atomic E-state index is 12.0. The highest BCUT2D eigenvalue weighted by Gasteiger charge is 2.48. The normalized spacial score (nSPS) is 23.6. The Morgan fingerprint density at radius 3 is 1.88 bits per heavy atom. The van der Waals surface area contributed by atoms with E-state index in [9.17, 15) is 4.79 Å². The van der Waals surface area contributed by atoms with E-state index in [0.717, 1.165) is 0 Å². The van der Waals surface area contributed by atoms with Crippen LogP contribution in [0, 0.1) is 0 Å². The first-order valence-corrected chi connectivity index (χ1v) is 14.5. The summed E-state index contributed by atoms with van der Waals surface area (Å²) >= 11 is 0. The van der Waals surface area contributed by atoms with Crippen LogP contribution in [0.4, 0.5) is 0 Å². The molecule has 0 aromatic rings. The Kier molecular flexibility index (Phi) is 6.03. The van der Waals surface area contributed by atoms with E-state index in [1.807, 2.05) is 0 Å². The molecule has 24 heavy (non-hydrogen) atoms. The average molecular weight is 373 g/mol. The van der Waals surface area contributed by atoms with Crippen LogP contribution in [-0.4, -0.2) is 41.4 Å². The second-order valence-corrected chi connectivity index (χ2v) is 19.4. The molecule has 0 radical (unpaired) electrons. The summed E-state index contributed by atoms with van der Waals surface area (Å²) in [6, 6.07) is 0. The number of hydrogen-bond acceptors (Lipinski definition) is 4. The molecule has 0 saturated carbocycles. The Morgan fingerprint density at radius 2 is 1.46 bits per heavy atom. The van der Waals surface area contributed by atoms with Crippen molar-refractivity contribution in [3.05, 3.63) is 12.2 Å². The van der Waals surface area contributed by atoms with E-state index >= 15 is 0 Å². The molecule has 1 aliphatic heterocycles. The maximum Gasteiger partial charge on any atom is 0.336 e. The van der Waals surface area contributed by atoms with E-state index in [0.29, 0.717) is 12.2 Å². The van der Waals surface area contributed by atoms with Crippen LogP contribution in [0.15, 0.2) is 12.2 Å². The van der Waals surface area contributed by atoms with Crippen LogP contribution in [0.3, 0.4) is 0 Å². The molecule has 1 rings (SSSR count). The fourth-order valence-electron chi connectivity index (χ4n) is 1.89. The van der Waals surface area contributed by atoms with E-state index in [-0.39, 0.29) is 16.0 Å². The molecule has 2 atom stereocenters. The fraction of sp³-hybridized carbons (Fsp3) is 0.833. The van der Waals surface area contributed by atoms with Gasteiger partial charge < -0.3 is 13.6 Å². The van der Waals surface area contributed by atoms with Crippen LogP contribution >= 0.6 is 0 Å². The molecule has 0 unspecified atom stereocenters. The molecule has 0 N–H and O–H groups in total. The maximum absolute atomic E-state index is 12.0. The summed E-state index contributed by atoms with van der Waals surface area (Å²) < 4.78 is 18.2. The molecule has 0 aromatic heterocycles. The zero-order valence-corrected chi connectivity index (χ0v) is 19.2. The molecule has 0 aliphatic carbocycles. The van der Waals surface area contributed by atoms with Crippen molar-refractivity contribution < 1.29 is 18.4 Å². The van der Waals surface area contributed by atoms with E-state index in [2.05, 4.69) is 74.3 Å². The highest BCUT2D eigenvalue weighted by molar-refractivity contribution is 6.74. The van der Waals surface area contributed by atoms with Crippen molar-refractivity contribution >= 4 is 22.6 Å². The Balaban J connectivity index is 2.90. The molecule has 1 fully saturated rings. The second kappa shape index (κ2) is 6.70. The smallest absolute Gasteiger partial charge is 0.336 e. The van der Waals surface area contributed by atoms with Gasteiger partial charge in [0.15, 0.2) is 22.7 Å². The largest absolute Gasteiger partial charge is 0.453 e. The lowest BCUT2D eigenvalue weighted by Gasteiger charge is -2.40. The predicted octanol–water partition coefficient (Wildman–Crippen LogP) is 4.88. The van der Waals surface area contributed by atoms with Gasteiger partial charge >= 0.3 is 5.97 Å². The van der Waals surface area contributed by atoms with Crippen molar-refractivity contribution in [3.63, 3.8) is 0 Å². The molecule has 0 spiro atoms. The van der Waals surface area contributed by atoms with Crippen molar-refractivity contribution in [1.82, 2.24) is 0 Å². The molecule has 6 heteroatoms. The van der Waals surface area contributed by atoms with Gasteiger partial charge in [0.25, 0.3) is 0 Å². The minimum Gasteiger partial charge on any atom is -0.453 e. The first-order chi connectivity index (χ1) is 10.5.